The maximum absolute atomic E-state index is 13.0. The van der Waals surface area contributed by atoms with Crippen LogP contribution in [0.15, 0.2) is 53.4 Å². The average molecular weight is 344 g/mol. The summed E-state index contributed by atoms with van der Waals surface area (Å²) < 4.78 is 13.0. The maximum Gasteiger partial charge on any atom is 0.254 e. The molecule has 4 nitrogen and oxygen atoms in total. The Bertz CT molecular complexity index is 747. The smallest absolute Gasteiger partial charge is 0.254 e. The monoisotopic (exact) mass is 344 g/mol. The van der Waals surface area contributed by atoms with E-state index in [1.165, 1.54) is 24.3 Å². The molecule has 0 spiro atoms. The zero-order valence-electron chi connectivity index (χ0n) is 12.9. The van der Waals surface area contributed by atoms with Gasteiger partial charge in [-0.2, -0.15) is 0 Å². The van der Waals surface area contributed by atoms with Crippen LogP contribution in [0.25, 0.3) is 0 Å². The van der Waals surface area contributed by atoms with Crippen LogP contribution in [0.5, 0.6) is 0 Å². The molecule has 0 bridgehead atoms. The number of nitrogens with zero attached hydrogens (tertiary/aromatic N) is 1. The predicted octanol–water partition coefficient (Wildman–Crippen LogP) is 3.36. The number of benzene rings is 2. The number of amides is 2. The molecule has 6 heteroatoms. The third kappa shape index (κ3) is 3.59. The highest BCUT2D eigenvalue weighted by Gasteiger charge is 2.34. The van der Waals surface area contributed by atoms with E-state index in [1.54, 1.807) is 29.2 Å². The normalized spacial score (nSPS) is 16.9. The molecule has 0 saturated carbocycles. The van der Waals surface area contributed by atoms with Crippen molar-refractivity contribution in [3.63, 3.8) is 0 Å². The van der Waals surface area contributed by atoms with Crippen LogP contribution in [-0.2, 0) is 4.79 Å². The van der Waals surface area contributed by atoms with Crippen molar-refractivity contribution in [3.05, 3.63) is 59.9 Å². The van der Waals surface area contributed by atoms with Crippen LogP contribution in [-0.4, -0.2) is 29.3 Å². The number of carbonyl (C=O) groups excluding carboxylic acids is 2. The molecule has 1 aliphatic rings. The van der Waals surface area contributed by atoms with E-state index in [-0.39, 0.29) is 11.8 Å². The van der Waals surface area contributed by atoms with Gasteiger partial charge in [0.25, 0.3) is 5.91 Å². The fourth-order valence-electron chi connectivity index (χ4n) is 2.81. The minimum Gasteiger partial charge on any atom is -0.327 e. The Hall–Kier alpha value is -2.34. The third-order valence-electron chi connectivity index (χ3n) is 4.04. The SMILES string of the molecule is O=C(Nc1ccc(S)cc1)C1CCCN1C(=O)c1ccc(F)cc1. The third-order valence-corrected chi connectivity index (χ3v) is 4.34. The number of anilines is 1. The lowest BCUT2D eigenvalue weighted by molar-refractivity contribution is -0.119. The van der Waals surface area contributed by atoms with Crippen molar-refractivity contribution in [1.29, 1.82) is 0 Å². The summed E-state index contributed by atoms with van der Waals surface area (Å²) in [4.78, 5) is 27.5. The number of nitrogens with one attached hydrogen (secondary N) is 1. The fraction of sp³-hybridized carbons (Fsp3) is 0.222. The second-order valence-electron chi connectivity index (χ2n) is 5.70. The first-order valence-corrected chi connectivity index (χ1v) is 8.16. The van der Waals surface area contributed by atoms with Gasteiger partial charge in [-0.05, 0) is 61.4 Å². The average Bonchev–Trinajstić information content (AvgIpc) is 3.07. The number of carbonyl (C=O) groups is 2. The number of thiol groups is 1. The van der Waals surface area contributed by atoms with E-state index in [9.17, 15) is 14.0 Å². The maximum atomic E-state index is 13.0. The summed E-state index contributed by atoms with van der Waals surface area (Å²) in [6, 6.07) is 12.0. The van der Waals surface area contributed by atoms with Crippen molar-refractivity contribution in [2.24, 2.45) is 0 Å². The van der Waals surface area contributed by atoms with E-state index in [2.05, 4.69) is 17.9 Å². The second-order valence-corrected chi connectivity index (χ2v) is 6.22. The molecule has 1 unspecified atom stereocenters. The molecule has 1 N–H and O–H groups in total. The minimum absolute atomic E-state index is 0.213. The van der Waals surface area contributed by atoms with Gasteiger partial charge in [-0.1, -0.05) is 0 Å². The summed E-state index contributed by atoms with van der Waals surface area (Å²) in [7, 11) is 0. The lowest BCUT2D eigenvalue weighted by Gasteiger charge is -2.24. The highest BCUT2D eigenvalue weighted by atomic mass is 32.1. The Morgan fingerprint density at radius 2 is 1.75 bits per heavy atom. The Labute approximate surface area is 145 Å². The summed E-state index contributed by atoms with van der Waals surface area (Å²) in [6.45, 7) is 0.518. The van der Waals surface area contributed by atoms with E-state index in [0.29, 0.717) is 24.2 Å². The molecule has 3 rings (SSSR count). The summed E-state index contributed by atoms with van der Waals surface area (Å²) in [5.74, 6) is -0.858. The molecule has 0 aromatic heterocycles. The molecule has 2 aromatic carbocycles. The molecule has 1 fully saturated rings. The topological polar surface area (TPSA) is 49.4 Å². The fourth-order valence-corrected chi connectivity index (χ4v) is 2.96. The summed E-state index contributed by atoms with van der Waals surface area (Å²) in [5, 5.41) is 2.83. The first-order valence-electron chi connectivity index (χ1n) is 7.71. The van der Waals surface area contributed by atoms with Crippen molar-refractivity contribution in [2.75, 3.05) is 11.9 Å². The van der Waals surface area contributed by atoms with Crippen molar-refractivity contribution < 1.29 is 14.0 Å². The number of rotatable bonds is 3. The predicted molar refractivity (Wildman–Crippen MR) is 92.8 cm³/mol. The van der Waals surface area contributed by atoms with E-state index < -0.39 is 11.9 Å². The highest BCUT2D eigenvalue weighted by molar-refractivity contribution is 7.80. The molecular formula is C18H17FN2O2S. The van der Waals surface area contributed by atoms with Crippen molar-refractivity contribution in [1.82, 2.24) is 4.90 Å². The van der Waals surface area contributed by atoms with Gasteiger partial charge in [0.05, 0.1) is 0 Å². The zero-order valence-corrected chi connectivity index (χ0v) is 13.8. The molecule has 24 heavy (non-hydrogen) atoms. The zero-order chi connectivity index (χ0) is 17.1. The van der Waals surface area contributed by atoms with Crippen molar-refractivity contribution in [2.45, 2.75) is 23.8 Å². The van der Waals surface area contributed by atoms with Crippen LogP contribution in [0.4, 0.5) is 10.1 Å². The lowest BCUT2D eigenvalue weighted by atomic mass is 10.1. The minimum atomic E-state index is -0.516. The molecule has 124 valence electrons. The van der Waals surface area contributed by atoms with Gasteiger partial charge in [-0.25, -0.2) is 4.39 Å². The largest absolute Gasteiger partial charge is 0.327 e. The molecule has 1 aliphatic heterocycles. The molecule has 2 aromatic rings. The van der Waals surface area contributed by atoms with Gasteiger partial charge in [0.2, 0.25) is 5.91 Å². The van der Waals surface area contributed by atoms with Gasteiger partial charge in [-0.15, -0.1) is 12.6 Å². The first-order chi connectivity index (χ1) is 11.5. The van der Waals surface area contributed by atoms with Crippen LogP contribution in [0.2, 0.25) is 0 Å². The van der Waals surface area contributed by atoms with Crippen LogP contribution < -0.4 is 5.32 Å². The van der Waals surface area contributed by atoms with Crippen LogP contribution in [0.1, 0.15) is 23.2 Å². The number of likely N-dealkylation sites (tertiary alicyclic amines) is 1. The van der Waals surface area contributed by atoms with Gasteiger partial charge in [0, 0.05) is 22.7 Å². The number of hydrogen-bond acceptors (Lipinski definition) is 3. The Morgan fingerprint density at radius 3 is 2.42 bits per heavy atom. The van der Waals surface area contributed by atoms with Crippen LogP contribution in [0.3, 0.4) is 0 Å². The lowest BCUT2D eigenvalue weighted by Crippen LogP contribution is -2.43. The Balaban J connectivity index is 1.72. The van der Waals surface area contributed by atoms with Gasteiger partial charge in [0.1, 0.15) is 11.9 Å². The molecule has 0 aliphatic carbocycles. The van der Waals surface area contributed by atoms with E-state index in [1.807, 2.05) is 0 Å². The summed E-state index contributed by atoms with van der Waals surface area (Å²) in [6.07, 6.45) is 1.38. The van der Waals surface area contributed by atoms with Gasteiger partial charge >= 0.3 is 0 Å². The van der Waals surface area contributed by atoms with Crippen molar-refractivity contribution in [3.8, 4) is 0 Å². The summed E-state index contributed by atoms with van der Waals surface area (Å²) in [5.41, 5.74) is 1.05. The Morgan fingerprint density at radius 1 is 1.08 bits per heavy atom. The second kappa shape index (κ2) is 7.05. The molecular weight excluding hydrogens is 327 g/mol. The standard InChI is InChI=1S/C18H17FN2O2S/c19-13-5-3-12(4-6-13)18(23)21-11-1-2-16(21)17(22)20-14-7-9-15(24)10-8-14/h3-10,16,24H,1-2,11H2,(H,20,22). The van der Waals surface area contributed by atoms with Crippen LogP contribution in [0, 0.1) is 5.82 Å². The first kappa shape index (κ1) is 16.5. The number of halogens is 1. The van der Waals surface area contributed by atoms with Gasteiger partial charge in [-0.3, -0.25) is 9.59 Å². The summed E-state index contributed by atoms with van der Waals surface area (Å²) >= 11 is 4.21. The molecule has 0 radical (unpaired) electrons. The molecule has 1 saturated heterocycles. The Kier molecular flexibility index (Phi) is 4.85. The van der Waals surface area contributed by atoms with Crippen molar-refractivity contribution >= 4 is 30.1 Å². The van der Waals surface area contributed by atoms with E-state index >= 15 is 0 Å². The van der Waals surface area contributed by atoms with Gasteiger partial charge < -0.3 is 10.2 Å². The quantitative estimate of drug-likeness (QED) is 0.839. The highest BCUT2D eigenvalue weighted by Crippen LogP contribution is 2.22. The van der Waals surface area contributed by atoms with Crippen LogP contribution >= 0.6 is 12.6 Å². The van der Waals surface area contributed by atoms with E-state index in [4.69, 9.17) is 0 Å². The number of hydrogen-bond donors (Lipinski definition) is 2. The molecule has 1 atom stereocenters. The van der Waals surface area contributed by atoms with E-state index in [0.717, 1.165) is 11.3 Å². The molecule has 1 heterocycles. The van der Waals surface area contributed by atoms with Gasteiger partial charge in [0.15, 0.2) is 0 Å². The molecule has 2 amide bonds.